The molecule has 0 radical (unpaired) electrons. The van der Waals surface area contributed by atoms with Gasteiger partial charge in [0.05, 0.1) is 15.6 Å². The van der Waals surface area contributed by atoms with E-state index in [-0.39, 0.29) is 22.9 Å². The second-order valence-corrected chi connectivity index (χ2v) is 8.41. The monoisotopic (exact) mass is 393 g/mol. The molecule has 1 aliphatic heterocycles. The van der Waals surface area contributed by atoms with Gasteiger partial charge in [-0.05, 0) is 36.8 Å². The van der Waals surface area contributed by atoms with Crippen LogP contribution in [0.25, 0.3) is 0 Å². The van der Waals surface area contributed by atoms with Crippen LogP contribution >= 0.6 is 11.8 Å². The summed E-state index contributed by atoms with van der Waals surface area (Å²) in [5.41, 5.74) is 5.06. The van der Waals surface area contributed by atoms with Crippen LogP contribution in [0.5, 0.6) is 0 Å². The van der Waals surface area contributed by atoms with Crippen molar-refractivity contribution in [3.63, 3.8) is 0 Å². The molecule has 1 saturated heterocycles. The summed E-state index contributed by atoms with van der Waals surface area (Å²) in [7, 11) is 0. The standard InChI is InChI=1S/C19H27N3O4S/c1-13(2)3-4-14-7-9-21(10-8-14)18(23)12-27-17-6-5-15(19(20)24)11-16(17)22(25)26/h5-6,11,13-14H,3-4,7-10,12H2,1-2H3,(H2,20,24). The molecule has 1 heterocycles. The van der Waals surface area contributed by atoms with Crippen LogP contribution in [0.15, 0.2) is 23.1 Å². The average molecular weight is 394 g/mol. The van der Waals surface area contributed by atoms with Gasteiger partial charge in [0, 0.05) is 24.7 Å². The quantitative estimate of drug-likeness (QED) is 0.413. The largest absolute Gasteiger partial charge is 0.366 e. The Morgan fingerprint density at radius 1 is 1.33 bits per heavy atom. The Labute approximate surface area is 163 Å². The van der Waals surface area contributed by atoms with Crippen molar-refractivity contribution in [2.45, 2.75) is 44.4 Å². The average Bonchev–Trinajstić information content (AvgIpc) is 2.64. The molecule has 1 aliphatic rings. The Bertz CT molecular complexity index is 700. The lowest BCUT2D eigenvalue weighted by Gasteiger charge is -2.32. The molecule has 7 nitrogen and oxygen atoms in total. The van der Waals surface area contributed by atoms with Gasteiger partial charge in [0.2, 0.25) is 11.8 Å². The minimum absolute atomic E-state index is 0.00409. The molecule has 2 N–H and O–H groups in total. The smallest absolute Gasteiger partial charge is 0.283 e. The second-order valence-electron chi connectivity index (χ2n) is 7.39. The van der Waals surface area contributed by atoms with Gasteiger partial charge in [0.15, 0.2) is 0 Å². The molecule has 1 fully saturated rings. The lowest BCUT2D eigenvalue weighted by molar-refractivity contribution is -0.387. The number of nitro benzene ring substituents is 1. The summed E-state index contributed by atoms with van der Waals surface area (Å²) < 4.78 is 0. The molecular formula is C19H27N3O4S. The van der Waals surface area contributed by atoms with Crippen LogP contribution in [0.3, 0.4) is 0 Å². The van der Waals surface area contributed by atoms with Crippen molar-refractivity contribution < 1.29 is 14.5 Å². The van der Waals surface area contributed by atoms with Crippen molar-refractivity contribution in [2.75, 3.05) is 18.8 Å². The van der Waals surface area contributed by atoms with Crippen molar-refractivity contribution in [3.8, 4) is 0 Å². The van der Waals surface area contributed by atoms with E-state index in [9.17, 15) is 19.7 Å². The number of thioether (sulfide) groups is 1. The Kier molecular flexibility index (Phi) is 7.65. The van der Waals surface area contributed by atoms with Gasteiger partial charge in [-0.2, -0.15) is 0 Å². The summed E-state index contributed by atoms with van der Waals surface area (Å²) in [6, 6.07) is 4.09. The molecule has 27 heavy (non-hydrogen) atoms. The third-order valence-electron chi connectivity index (χ3n) is 4.91. The summed E-state index contributed by atoms with van der Waals surface area (Å²) in [6.45, 7) is 5.96. The van der Waals surface area contributed by atoms with Crippen molar-refractivity contribution >= 4 is 29.3 Å². The van der Waals surface area contributed by atoms with Crippen LogP contribution in [0.4, 0.5) is 5.69 Å². The first-order valence-corrected chi connectivity index (χ1v) is 10.2. The number of benzene rings is 1. The van der Waals surface area contributed by atoms with E-state index in [1.165, 1.54) is 25.0 Å². The third kappa shape index (κ3) is 6.23. The molecule has 1 aromatic rings. The van der Waals surface area contributed by atoms with Gasteiger partial charge in [0.25, 0.3) is 5.69 Å². The van der Waals surface area contributed by atoms with Crippen molar-refractivity contribution in [1.29, 1.82) is 0 Å². The minimum atomic E-state index is -0.717. The van der Waals surface area contributed by atoms with Crippen LogP contribution in [0, 0.1) is 22.0 Å². The molecule has 148 valence electrons. The van der Waals surface area contributed by atoms with Gasteiger partial charge in [-0.3, -0.25) is 19.7 Å². The van der Waals surface area contributed by atoms with Crippen LogP contribution in [0.2, 0.25) is 0 Å². The van der Waals surface area contributed by atoms with E-state index in [0.29, 0.717) is 16.7 Å². The zero-order chi connectivity index (χ0) is 20.0. The fourth-order valence-corrected chi connectivity index (χ4v) is 4.11. The predicted molar refractivity (Wildman–Crippen MR) is 106 cm³/mol. The molecule has 0 aromatic heterocycles. The number of carbonyl (C=O) groups excluding carboxylic acids is 2. The van der Waals surface area contributed by atoms with E-state index in [2.05, 4.69) is 13.8 Å². The van der Waals surface area contributed by atoms with Crippen LogP contribution in [-0.2, 0) is 4.79 Å². The summed E-state index contributed by atoms with van der Waals surface area (Å²) in [5, 5.41) is 11.2. The van der Waals surface area contributed by atoms with Crippen LogP contribution in [-0.4, -0.2) is 40.5 Å². The molecule has 0 saturated carbocycles. The topological polar surface area (TPSA) is 107 Å². The number of piperidine rings is 1. The molecule has 8 heteroatoms. The van der Waals surface area contributed by atoms with Gasteiger partial charge in [-0.15, -0.1) is 11.8 Å². The number of carbonyl (C=O) groups is 2. The molecule has 0 spiro atoms. The van der Waals surface area contributed by atoms with Gasteiger partial charge >= 0.3 is 0 Å². The van der Waals surface area contributed by atoms with Crippen molar-refractivity contribution in [3.05, 3.63) is 33.9 Å². The lowest BCUT2D eigenvalue weighted by Crippen LogP contribution is -2.39. The maximum Gasteiger partial charge on any atom is 0.283 e. The van der Waals surface area contributed by atoms with Crippen LogP contribution < -0.4 is 5.73 Å². The maximum absolute atomic E-state index is 12.5. The minimum Gasteiger partial charge on any atom is -0.366 e. The van der Waals surface area contributed by atoms with E-state index in [1.807, 2.05) is 4.90 Å². The summed E-state index contributed by atoms with van der Waals surface area (Å²) in [6.07, 6.45) is 4.49. The predicted octanol–water partition coefficient (Wildman–Crippen LogP) is 3.46. The highest BCUT2D eigenvalue weighted by Crippen LogP contribution is 2.31. The molecule has 1 aromatic carbocycles. The van der Waals surface area contributed by atoms with E-state index < -0.39 is 10.8 Å². The summed E-state index contributed by atoms with van der Waals surface area (Å²) in [5.74, 6) is 0.818. The molecular weight excluding hydrogens is 366 g/mol. The molecule has 0 unspecified atom stereocenters. The lowest BCUT2D eigenvalue weighted by atomic mass is 9.90. The number of amides is 2. The number of hydrogen-bond donors (Lipinski definition) is 1. The molecule has 0 atom stereocenters. The number of hydrogen-bond acceptors (Lipinski definition) is 5. The zero-order valence-corrected chi connectivity index (χ0v) is 16.7. The zero-order valence-electron chi connectivity index (χ0n) is 15.8. The third-order valence-corrected chi connectivity index (χ3v) is 5.96. The first kappa shape index (κ1) is 21.2. The fourth-order valence-electron chi connectivity index (χ4n) is 3.21. The summed E-state index contributed by atoms with van der Waals surface area (Å²) in [4.78, 5) is 36.6. The maximum atomic E-state index is 12.5. The number of primary amides is 1. The number of rotatable bonds is 8. The number of nitrogens with zero attached hydrogens (tertiary/aromatic N) is 2. The first-order chi connectivity index (χ1) is 12.8. The normalized spacial score (nSPS) is 15.1. The highest BCUT2D eigenvalue weighted by atomic mass is 32.2. The molecule has 0 bridgehead atoms. The Balaban J connectivity index is 1.89. The van der Waals surface area contributed by atoms with E-state index >= 15 is 0 Å². The van der Waals surface area contributed by atoms with Gasteiger partial charge in [-0.25, -0.2) is 0 Å². The van der Waals surface area contributed by atoms with Gasteiger partial charge in [-0.1, -0.05) is 26.7 Å². The molecule has 0 aliphatic carbocycles. The Morgan fingerprint density at radius 2 is 2.00 bits per heavy atom. The fraction of sp³-hybridized carbons (Fsp3) is 0.579. The number of likely N-dealkylation sites (tertiary alicyclic amines) is 1. The highest BCUT2D eigenvalue weighted by molar-refractivity contribution is 8.00. The van der Waals surface area contributed by atoms with Crippen molar-refractivity contribution in [1.82, 2.24) is 4.90 Å². The Hall–Kier alpha value is -2.09. The summed E-state index contributed by atoms with van der Waals surface area (Å²) >= 11 is 1.13. The first-order valence-electron chi connectivity index (χ1n) is 9.26. The van der Waals surface area contributed by atoms with Crippen molar-refractivity contribution in [2.24, 2.45) is 17.6 Å². The Morgan fingerprint density at radius 3 is 2.56 bits per heavy atom. The van der Waals surface area contributed by atoms with E-state index in [0.717, 1.165) is 43.8 Å². The van der Waals surface area contributed by atoms with Gasteiger partial charge < -0.3 is 10.6 Å². The van der Waals surface area contributed by atoms with Crippen LogP contribution in [0.1, 0.15) is 49.9 Å². The van der Waals surface area contributed by atoms with E-state index in [1.54, 1.807) is 0 Å². The number of nitro groups is 1. The molecule has 2 rings (SSSR count). The van der Waals surface area contributed by atoms with Gasteiger partial charge in [0.1, 0.15) is 0 Å². The molecule has 2 amide bonds. The SMILES string of the molecule is CC(C)CCC1CCN(C(=O)CSc2ccc(C(N)=O)cc2[N+](=O)[O-])CC1. The second kappa shape index (κ2) is 9.73. The number of nitrogens with two attached hydrogens (primary N) is 1. The highest BCUT2D eigenvalue weighted by Gasteiger charge is 2.24. The van der Waals surface area contributed by atoms with E-state index in [4.69, 9.17) is 5.73 Å².